The molecule has 2 heterocycles. The number of hydrogen-bond acceptors (Lipinski definition) is 3. The van der Waals surface area contributed by atoms with Crippen LogP contribution in [0.25, 0.3) is 11.6 Å². The van der Waals surface area contributed by atoms with Crippen LogP contribution in [0.4, 0.5) is 10.1 Å². The number of amides is 2. The second kappa shape index (κ2) is 9.26. The molecule has 0 aliphatic carbocycles. The summed E-state index contributed by atoms with van der Waals surface area (Å²) in [5, 5.41) is 2.74. The van der Waals surface area contributed by atoms with Crippen molar-refractivity contribution in [1.82, 2.24) is 14.8 Å². The molecule has 7 heteroatoms. The van der Waals surface area contributed by atoms with Crippen LogP contribution in [0, 0.1) is 12.7 Å². The van der Waals surface area contributed by atoms with Gasteiger partial charge in [-0.05, 0) is 56.8 Å². The van der Waals surface area contributed by atoms with Gasteiger partial charge in [0, 0.05) is 42.8 Å². The first kappa shape index (κ1) is 21.8. The second-order valence-electron chi connectivity index (χ2n) is 7.35. The summed E-state index contributed by atoms with van der Waals surface area (Å²) in [6.07, 6.45) is 3.36. The van der Waals surface area contributed by atoms with Crippen molar-refractivity contribution in [2.45, 2.75) is 27.7 Å². The molecule has 0 radical (unpaired) electrons. The Morgan fingerprint density at radius 1 is 1.13 bits per heavy atom. The van der Waals surface area contributed by atoms with Crippen LogP contribution in [0.5, 0.6) is 0 Å². The van der Waals surface area contributed by atoms with Gasteiger partial charge in [-0.25, -0.2) is 4.39 Å². The number of likely N-dealkylation sites (N-methyl/N-ethyl adjacent to an activating group) is 2. The molecule has 0 bridgehead atoms. The van der Waals surface area contributed by atoms with Crippen LogP contribution in [0.15, 0.2) is 24.4 Å². The third-order valence-corrected chi connectivity index (χ3v) is 5.71. The van der Waals surface area contributed by atoms with Gasteiger partial charge in [0.25, 0.3) is 11.8 Å². The number of halogens is 1. The monoisotopic (exact) mass is 412 g/mol. The van der Waals surface area contributed by atoms with Crippen LogP contribution < -0.4 is 5.32 Å². The lowest BCUT2D eigenvalue weighted by atomic mass is 10.0. The standard InChI is InChI=1S/C23H29FN4O2/c1-5-27(6-2)10-11-28(7-3)23(30)19-14-25-21(15(19)4)13-18-17-12-16(24)8-9-20(17)26-22(18)29/h8-9,12-14,25H,5-7,10-11H2,1-4H3,(H,26,29)/b18-13-. The molecule has 3 rings (SSSR count). The fourth-order valence-corrected chi connectivity index (χ4v) is 3.71. The van der Waals surface area contributed by atoms with Crippen LogP contribution in [-0.4, -0.2) is 59.3 Å². The first-order valence-electron chi connectivity index (χ1n) is 10.4. The van der Waals surface area contributed by atoms with Crippen molar-refractivity contribution in [2.75, 3.05) is 38.0 Å². The zero-order valence-corrected chi connectivity index (χ0v) is 18.0. The van der Waals surface area contributed by atoms with E-state index in [0.717, 1.165) is 25.2 Å². The zero-order chi connectivity index (χ0) is 21.8. The van der Waals surface area contributed by atoms with E-state index in [4.69, 9.17) is 0 Å². The second-order valence-corrected chi connectivity index (χ2v) is 7.35. The highest BCUT2D eigenvalue weighted by Gasteiger charge is 2.26. The normalized spacial score (nSPS) is 14.3. The summed E-state index contributed by atoms with van der Waals surface area (Å²) in [4.78, 5) is 32.7. The number of carbonyl (C=O) groups is 2. The van der Waals surface area contributed by atoms with Crippen molar-refractivity contribution in [3.8, 4) is 0 Å². The molecular weight excluding hydrogens is 383 g/mol. The molecule has 0 fully saturated rings. The van der Waals surface area contributed by atoms with Crippen molar-refractivity contribution in [3.63, 3.8) is 0 Å². The zero-order valence-electron chi connectivity index (χ0n) is 18.0. The molecule has 6 nitrogen and oxygen atoms in total. The number of anilines is 1. The van der Waals surface area contributed by atoms with Crippen LogP contribution in [-0.2, 0) is 4.79 Å². The largest absolute Gasteiger partial charge is 0.361 e. The van der Waals surface area contributed by atoms with E-state index in [0.29, 0.717) is 41.2 Å². The van der Waals surface area contributed by atoms with Crippen LogP contribution in [0.1, 0.15) is 48.0 Å². The number of hydrogen-bond donors (Lipinski definition) is 2. The number of benzene rings is 1. The van der Waals surface area contributed by atoms with E-state index in [-0.39, 0.29) is 11.8 Å². The molecule has 1 aromatic carbocycles. The van der Waals surface area contributed by atoms with Gasteiger partial charge in [-0.15, -0.1) is 0 Å². The maximum absolute atomic E-state index is 13.7. The fourth-order valence-electron chi connectivity index (χ4n) is 3.71. The van der Waals surface area contributed by atoms with E-state index in [1.54, 1.807) is 18.3 Å². The maximum Gasteiger partial charge on any atom is 0.256 e. The van der Waals surface area contributed by atoms with E-state index in [9.17, 15) is 14.0 Å². The molecule has 1 aliphatic rings. The lowest BCUT2D eigenvalue weighted by molar-refractivity contribution is -0.110. The summed E-state index contributed by atoms with van der Waals surface area (Å²) in [5.41, 5.74) is 3.51. The summed E-state index contributed by atoms with van der Waals surface area (Å²) in [6.45, 7) is 12.1. The van der Waals surface area contributed by atoms with Gasteiger partial charge in [-0.3, -0.25) is 9.59 Å². The third kappa shape index (κ3) is 4.31. The Bertz CT molecular complexity index is 976. The SMILES string of the molecule is CCN(CC)CCN(CC)C(=O)c1c[nH]c(/C=C2\C(=O)Nc3ccc(F)cc32)c1C. The van der Waals surface area contributed by atoms with Crippen LogP contribution >= 0.6 is 0 Å². The fraction of sp³-hybridized carbons (Fsp3) is 0.391. The van der Waals surface area contributed by atoms with Gasteiger partial charge in [0.15, 0.2) is 0 Å². The van der Waals surface area contributed by atoms with Gasteiger partial charge in [0.05, 0.1) is 11.1 Å². The molecule has 1 aliphatic heterocycles. The number of carbonyl (C=O) groups excluding carboxylic acids is 2. The van der Waals surface area contributed by atoms with Crippen molar-refractivity contribution >= 4 is 29.2 Å². The Hall–Kier alpha value is -2.93. The summed E-state index contributed by atoms with van der Waals surface area (Å²) >= 11 is 0. The lowest BCUT2D eigenvalue weighted by Gasteiger charge is -2.25. The lowest BCUT2D eigenvalue weighted by Crippen LogP contribution is -2.38. The molecule has 0 saturated heterocycles. The number of rotatable bonds is 8. The highest BCUT2D eigenvalue weighted by molar-refractivity contribution is 6.34. The Labute approximate surface area is 176 Å². The molecule has 2 N–H and O–H groups in total. The number of H-pyrrole nitrogens is 1. The molecule has 2 aromatic rings. The van der Waals surface area contributed by atoms with E-state index in [2.05, 4.69) is 29.0 Å². The topological polar surface area (TPSA) is 68.4 Å². The first-order chi connectivity index (χ1) is 14.4. The average molecular weight is 413 g/mol. The van der Waals surface area contributed by atoms with E-state index in [1.165, 1.54) is 12.1 Å². The first-order valence-corrected chi connectivity index (χ1v) is 10.4. The van der Waals surface area contributed by atoms with E-state index >= 15 is 0 Å². The van der Waals surface area contributed by atoms with Crippen molar-refractivity contribution < 1.29 is 14.0 Å². The van der Waals surface area contributed by atoms with Gasteiger partial charge in [-0.1, -0.05) is 13.8 Å². The molecule has 0 atom stereocenters. The molecular formula is C23H29FN4O2. The number of aromatic nitrogens is 1. The van der Waals surface area contributed by atoms with Gasteiger partial charge < -0.3 is 20.1 Å². The average Bonchev–Trinajstić information content (AvgIpc) is 3.25. The number of aromatic amines is 1. The summed E-state index contributed by atoms with van der Waals surface area (Å²) in [5.74, 6) is -0.723. The summed E-state index contributed by atoms with van der Waals surface area (Å²) in [6, 6.07) is 4.21. The van der Waals surface area contributed by atoms with Crippen molar-refractivity contribution in [3.05, 3.63) is 52.6 Å². The van der Waals surface area contributed by atoms with Gasteiger partial charge in [0.1, 0.15) is 5.82 Å². The van der Waals surface area contributed by atoms with Crippen LogP contribution in [0.2, 0.25) is 0 Å². The smallest absolute Gasteiger partial charge is 0.256 e. The number of fused-ring (bicyclic) bond motifs is 1. The van der Waals surface area contributed by atoms with E-state index in [1.807, 2.05) is 18.7 Å². The Balaban J connectivity index is 1.84. The van der Waals surface area contributed by atoms with Gasteiger partial charge >= 0.3 is 0 Å². The minimum atomic E-state index is -0.401. The minimum Gasteiger partial charge on any atom is -0.361 e. The summed E-state index contributed by atoms with van der Waals surface area (Å²) in [7, 11) is 0. The number of nitrogens with zero attached hydrogens (tertiary/aromatic N) is 2. The van der Waals surface area contributed by atoms with E-state index < -0.39 is 5.82 Å². The maximum atomic E-state index is 13.7. The predicted molar refractivity (Wildman–Crippen MR) is 118 cm³/mol. The van der Waals surface area contributed by atoms with Crippen molar-refractivity contribution in [1.29, 1.82) is 0 Å². The highest BCUT2D eigenvalue weighted by atomic mass is 19.1. The molecule has 160 valence electrons. The molecule has 0 spiro atoms. The van der Waals surface area contributed by atoms with Gasteiger partial charge in [0.2, 0.25) is 0 Å². The third-order valence-electron chi connectivity index (χ3n) is 5.71. The molecule has 1 aromatic heterocycles. The van der Waals surface area contributed by atoms with Crippen LogP contribution in [0.3, 0.4) is 0 Å². The quantitative estimate of drug-likeness (QED) is 0.649. The number of nitrogens with one attached hydrogen (secondary N) is 2. The Kier molecular flexibility index (Phi) is 6.72. The Morgan fingerprint density at radius 3 is 2.53 bits per heavy atom. The van der Waals surface area contributed by atoms with Gasteiger partial charge in [-0.2, -0.15) is 0 Å². The minimum absolute atomic E-state index is 0.0367. The molecule has 2 amide bonds. The highest BCUT2D eigenvalue weighted by Crippen LogP contribution is 2.34. The molecule has 30 heavy (non-hydrogen) atoms. The molecule has 0 saturated carbocycles. The Morgan fingerprint density at radius 2 is 1.87 bits per heavy atom. The molecule has 0 unspecified atom stereocenters. The summed E-state index contributed by atoms with van der Waals surface area (Å²) < 4.78 is 13.7. The van der Waals surface area contributed by atoms with Crippen molar-refractivity contribution in [2.24, 2.45) is 0 Å². The predicted octanol–water partition coefficient (Wildman–Crippen LogP) is 3.76.